The van der Waals surface area contributed by atoms with E-state index in [0.29, 0.717) is 5.92 Å². The number of nitrogens with zero attached hydrogens (tertiary/aromatic N) is 1. The van der Waals surface area contributed by atoms with E-state index >= 15 is 0 Å². The molecule has 0 aliphatic heterocycles. The summed E-state index contributed by atoms with van der Waals surface area (Å²) in [6.07, 6.45) is 8.57. The molecule has 0 N–H and O–H groups in total. The highest BCUT2D eigenvalue weighted by atomic mass is 16.4. The Morgan fingerprint density at radius 3 is 1.94 bits per heavy atom. The number of hydrogen-bond acceptors (Lipinski definition) is 4. The number of aryl methyl sites for hydroxylation is 2. The van der Waals surface area contributed by atoms with Gasteiger partial charge < -0.3 is 18.2 Å². The van der Waals surface area contributed by atoms with E-state index in [1.165, 1.54) is 47.4 Å². The van der Waals surface area contributed by atoms with E-state index < -0.39 is 0 Å². The van der Waals surface area contributed by atoms with Crippen molar-refractivity contribution in [2.75, 3.05) is 18.0 Å². The fourth-order valence-corrected chi connectivity index (χ4v) is 6.48. The topological polar surface area (TPSA) is 42.7 Å². The molecule has 1 aliphatic rings. The van der Waals surface area contributed by atoms with Crippen LogP contribution in [0.1, 0.15) is 57.6 Å². The van der Waals surface area contributed by atoms with Gasteiger partial charge in [-0.2, -0.15) is 0 Å². The van der Waals surface area contributed by atoms with Crippen molar-refractivity contribution >= 4 is 66.8 Å². The molecule has 36 heavy (non-hydrogen) atoms. The van der Waals surface area contributed by atoms with Crippen molar-refractivity contribution in [3.8, 4) is 0 Å². The van der Waals surface area contributed by atoms with Crippen LogP contribution in [0, 0.1) is 12.8 Å². The van der Waals surface area contributed by atoms with Gasteiger partial charge in [-0.05, 0) is 80.5 Å². The number of rotatable bonds is 5. The maximum Gasteiger partial charge on any atom is 0.142 e. The van der Waals surface area contributed by atoms with E-state index in [1.54, 1.807) is 0 Å². The minimum atomic E-state index is 0.635. The Labute approximate surface area is 210 Å². The minimum absolute atomic E-state index is 0.635. The lowest BCUT2D eigenvalue weighted by atomic mass is 9.95. The van der Waals surface area contributed by atoms with Crippen molar-refractivity contribution in [1.82, 2.24) is 0 Å². The van der Waals surface area contributed by atoms with Gasteiger partial charge in [-0.1, -0.05) is 25.8 Å². The second kappa shape index (κ2) is 8.06. The van der Waals surface area contributed by atoms with Gasteiger partial charge in [0, 0.05) is 36.3 Å². The first-order valence-corrected chi connectivity index (χ1v) is 13.6. The average molecular weight is 480 g/mol. The summed E-state index contributed by atoms with van der Waals surface area (Å²) in [5, 5.41) is 5.61. The number of anilines is 1. The summed E-state index contributed by atoms with van der Waals surface area (Å²) in [6.45, 7) is 10.6. The first-order valence-electron chi connectivity index (χ1n) is 13.6. The normalized spacial score (nSPS) is 15.7. The van der Waals surface area contributed by atoms with Gasteiger partial charge in [-0.25, -0.2) is 0 Å². The minimum Gasteiger partial charge on any atom is -0.456 e. The zero-order chi connectivity index (χ0) is 24.6. The van der Waals surface area contributed by atoms with Crippen LogP contribution in [0.3, 0.4) is 0 Å². The van der Waals surface area contributed by atoms with Crippen LogP contribution in [0.25, 0.3) is 61.1 Å². The number of benzene rings is 3. The van der Waals surface area contributed by atoms with Gasteiger partial charge in [0.2, 0.25) is 0 Å². The second-order valence-corrected chi connectivity index (χ2v) is 10.5. The Hall–Kier alpha value is -3.40. The zero-order valence-electron chi connectivity index (χ0n) is 21.7. The maximum atomic E-state index is 6.72. The monoisotopic (exact) mass is 479 g/mol. The Kier molecular flexibility index (Phi) is 4.89. The lowest BCUT2D eigenvalue weighted by molar-refractivity contribution is 0.632. The third kappa shape index (κ3) is 3.06. The maximum absolute atomic E-state index is 6.72. The van der Waals surface area contributed by atoms with Crippen LogP contribution >= 0.6 is 0 Å². The largest absolute Gasteiger partial charge is 0.456 e. The zero-order valence-corrected chi connectivity index (χ0v) is 21.7. The van der Waals surface area contributed by atoms with E-state index in [1.807, 2.05) is 0 Å². The summed E-state index contributed by atoms with van der Waals surface area (Å²) in [5.41, 5.74) is 8.89. The smallest absolute Gasteiger partial charge is 0.142 e. The molecule has 4 heteroatoms. The van der Waals surface area contributed by atoms with Gasteiger partial charge in [-0.15, -0.1) is 0 Å². The van der Waals surface area contributed by atoms with Crippen LogP contribution in [0.5, 0.6) is 0 Å². The third-order valence-electron chi connectivity index (χ3n) is 8.46. The van der Waals surface area contributed by atoms with Crippen molar-refractivity contribution in [2.45, 2.75) is 59.8 Å². The summed E-state index contributed by atoms with van der Waals surface area (Å²) in [7, 11) is 0. The molecular formula is C32H33NO3. The highest BCUT2D eigenvalue weighted by Crippen LogP contribution is 2.45. The van der Waals surface area contributed by atoms with Crippen LogP contribution < -0.4 is 10.1 Å². The van der Waals surface area contributed by atoms with Crippen LogP contribution in [0.15, 0.2) is 43.6 Å². The van der Waals surface area contributed by atoms with Crippen molar-refractivity contribution in [3.63, 3.8) is 0 Å². The van der Waals surface area contributed by atoms with E-state index in [4.69, 9.17) is 13.3 Å². The highest BCUT2D eigenvalue weighted by Gasteiger charge is 2.24. The van der Waals surface area contributed by atoms with E-state index in [2.05, 4.69) is 69.0 Å². The molecule has 4 nitrogen and oxygen atoms in total. The van der Waals surface area contributed by atoms with Gasteiger partial charge in [0.1, 0.15) is 33.5 Å². The van der Waals surface area contributed by atoms with Gasteiger partial charge in [0.15, 0.2) is 0 Å². The molecule has 6 aromatic rings. The van der Waals surface area contributed by atoms with E-state index in [9.17, 15) is 0 Å². The molecular weight excluding hydrogens is 446 g/mol. The van der Waals surface area contributed by atoms with Crippen molar-refractivity contribution < 1.29 is 13.3 Å². The summed E-state index contributed by atoms with van der Waals surface area (Å²) in [4.78, 5) is 2.34. The Morgan fingerprint density at radius 1 is 0.750 bits per heavy atom. The van der Waals surface area contributed by atoms with Crippen LogP contribution in [-0.2, 0) is 6.42 Å². The Morgan fingerprint density at radius 2 is 1.33 bits per heavy atom. The predicted molar refractivity (Wildman–Crippen MR) is 150 cm³/mol. The molecule has 7 rings (SSSR count). The van der Waals surface area contributed by atoms with Crippen LogP contribution in [0.2, 0.25) is 0 Å². The molecule has 3 aromatic carbocycles. The Bertz CT molecular complexity index is 1820. The third-order valence-corrected chi connectivity index (χ3v) is 8.46. The Balaban J connectivity index is 1.70. The van der Waals surface area contributed by atoms with Gasteiger partial charge >= 0.3 is 0 Å². The average Bonchev–Trinajstić information content (AvgIpc) is 3.40. The molecule has 0 spiro atoms. The first kappa shape index (κ1) is 21.8. The summed E-state index contributed by atoms with van der Waals surface area (Å²) in [6, 6.07) is 11.0. The molecule has 184 valence electrons. The summed E-state index contributed by atoms with van der Waals surface area (Å²) >= 11 is 0. The van der Waals surface area contributed by atoms with Gasteiger partial charge in [0.25, 0.3) is 0 Å². The molecule has 3 aromatic heterocycles. The molecule has 0 saturated heterocycles. The molecule has 0 radical (unpaired) electrons. The molecule has 0 unspecified atom stereocenters. The highest BCUT2D eigenvalue weighted by molar-refractivity contribution is 6.32. The fourth-order valence-electron chi connectivity index (χ4n) is 6.48. The van der Waals surface area contributed by atoms with Crippen molar-refractivity contribution in [1.29, 1.82) is 0 Å². The van der Waals surface area contributed by atoms with Crippen LogP contribution in [-0.4, -0.2) is 13.1 Å². The second-order valence-electron chi connectivity index (χ2n) is 10.5. The summed E-state index contributed by atoms with van der Waals surface area (Å²) < 4.78 is 20.0. The molecule has 1 saturated carbocycles. The van der Waals surface area contributed by atoms with Crippen molar-refractivity contribution in [2.24, 2.45) is 5.92 Å². The quantitative estimate of drug-likeness (QED) is 0.183. The molecule has 1 fully saturated rings. The fraction of sp³-hybridized carbons (Fsp3) is 0.375. The predicted octanol–water partition coefficient (Wildman–Crippen LogP) is 8.64. The molecule has 0 atom stereocenters. The van der Waals surface area contributed by atoms with Gasteiger partial charge in [-0.3, -0.25) is 0 Å². The van der Waals surface area contributed by atoms with E-state index in [-0.39, 0.29) is 0 Å². The van der Waals surface area contributed by atoms with E-state index in [0.717, 1.165) is 74.9 Å². The lowest BCUT2D eigenvalue weighted by Gasteiger charge is -2.23. The number of hydrogen-bond donors (Lipinski definition) is 0. The molecule has 0 amide bonds. The van der Waals surface area contributed by atoms with Crippen molar-refractivity contribution in [3.05, 3.63) is 46.7 Å². The van der Waals surface area contributed by atoms with Crippen LogP contribution in [0.4, 0.5) is 5.69 Å². The molecule has 1 aliphatic carbocycles. The molecule has 0 bridgehead atoms. The SMILES string of the molecule is CCc1cc2oc3cc(N(CC)CC)cc4oc5cc(=CC6CCCC6)c(C)c6oc(c1)c2c(c34)c56. The van der Waals surface area contributed by atoms with Gasteiger partial charge in [0.05, 0.1) is 16.2 Å². The first-order chi connectivity index (χ1) is 17.6. The molecule has 3 heterocycles. The standard InChI is InChI=1S/C32H33NO3/c1-5-19-13-23-28-24(14-19)36-32-18(4)21(12-20-10-8-9-11-20)15-25-30(32)31(28)29-26(34-23)16-22(17-27(29)35-25)33(6-2)7-3/h12-17,20H,5-11H2,1-4H3. The summed E-state index contributed by atoms with van der Waals surface area (Å²) in [5.74, 6) is 0.635. The lowest BCUT2D eigenvalue weighted by Crippen LogP contribution is -2.21.